The maximum Gasteiger partial charge on any atom is 1.00 e. The van der Waals surface area contributed by atoms with Gasteiger partial charge in [0, 0.05) is 25.2 Å². The molecule has 0 unspecified atom stereocenters. The molecule has 3 nitrogen and oxygen atoms in total. The summed E-state index contributed by atoms with van der Waals surface area (Å²) in [5, 5.41) is 0. The van der Waals surface area contributed by atoms with E-state index >= 15 is 0 Å². The van der Waals surface area contributed by atoms with E-state index in [2.05, 4.69) is 6.92 Å². The van der Waals surface area contributed by atoms with Gasteiger partial charge in [-0.2, -0.15) is 0 Å². The van der Waals surface area contributed by atoms with E-state index in [4.69, 9.17) is 14.0 Å². The van der Waals surface area contributed by atoms with Gasteiger partial charge in [-0.25, -0.2) is 4.39 Å². The van der Waals surface area contributed by atoms with E-state index in [1.807, 2.05) is 0 Å². The molecule has 2 bridgehead atoms. The van der Waals surface area contributed by atoms with Crippen LogP contribution in [0, 0.1) is 11.2 Å². The smallest absolute Gasteiger partial charge is 0.540 e. The molecule has 3 fully saturated rings. The van der Waals surface area contributed by atoms with Gasteiger partial charge >= 0.3 is 58.1 Å². The average molecular weight is 262 g/mol. The third-order valence-corrected chi connectivity index (χ3v) is 3.23. The van der Waals surface area contributed by atoms with Crippen LogP contribution in [0.5, 0.6) is 0 Å². The van der Waals surface area contributed by atoms with Crippen LogP contribution in [0.4, 0.5) is 4.39 Å². The molecule has 0 spiro atoms. The number of halogens is 1. The SMILES string of the molecule is CC12CO[B-](c3ccc(F)cc3)(OC1)OC2.[K+]. The summed E-state index contributed by atoms with van der Waals surface area (Å²) in [6, 6.07) is 6.10. The molecule has 4 rings (SSSR count). The van der Waals surface area contributed by atoms with Crippen LogP contribution >= 0.6 is 0 Å². The van der Waals surface area contributed by atoms with Gasteiger partial charge in [-0.05, 0) is 12.1 Å². The van der Waals surface area contributed by atoms with E-state index in [9.17, 15) is 4.39 Å². The fraction of sp³-hybridized carbons (Fsp3) is 0.455. The predicted molar refractivity (Wildman–Crippen MR) is 57.8 cm³/mol. The van der Waals surface area contributed by atoms with Crippen molar-refractivity contribution >= 4 is 12.2 Å². The van der Waals surface area contributed by atoms with Crippen LogP contribution in [0.2, 0.25) is 0 Å². The standard InChI is InChI=1S/C11H13BFO3.K/c1-11-6-14-12(15-7-11,16-8-11)9-2-4-10(13)5-3-9;/h2-5H,6-8H2,1H3;/q-1;+1. The van der Waals surface area contributed by atoms with E-state index in [1.54, 1.807) is 12.1 Å². The Morgan fingerprint density at radius 1 is 1.06 bits per heavy atom. The second-order valence-corrected chi connectivity index (χ2v) is 4.94. The summed E-state index contributed by atoms with van der Waals surface area (Å²) in [5.74, 6) is -0.271. The van der Waals surface area contributed by atoms with E-state index in [-0.39, 0.29) is 62.6 Å². The van der Waals surface area contributed by atoms with Crippen LogP contribution in [-0.4, -0.2) is 26.6 Å². The molecule has 1 aromatic carbocycles. The van der Waals surface area contributed by atoms with Gasteiger partial charge in [-0.1, -0.05) is 19.1 Å². The maximum atomic E-state index is 12.8. The molecule has 1 aromatic rings. The maximum absolute atomic E-state index is 12.8. The number of hydrogen-bond donors (Lipinski definition) is 0. The molecule has 3 heterocycles. The molecule has 0 atom stereocenters. The predicted octanol–water partition coefficient (Wildman–Crippen LogP) is -1.94. The largest absolute Gasteiger partial charge is 1.00 e. The minimum Gasteiger partial charge on any atom is -0.540 e. The number of hydrogen-bond acceptors (Lipinski definition) is 3. The van der Waals surface area contributed by atoms with Crippen molar-refractivity contribution < 1.29 is 69.7 Å². The number of benzene rings is 1. The molecule has 3 aliphatic heterocycles. The van der Waals surface area contributed by atoms with Crippen LogP contribution in [0.3, 0.4) is 0 Å². The summed E-state index contributed by atoms with van der Waals surface area (Å²) in [4.78, 5) is 0. The van der Waals surface area contributed by atoms with Crippen molar-refractivity contribution in [1.29, 1.82) is 0 Å². The molecular weight excluding hydrogens is 249 g/mol. The van der Waals surface area contributed by atoms with Crippen molar-refractivity contribution in [3.63, 3.8) is 0 Å². The van der Waals surface area contributed by atoms with Gasteiger partial charge in [0.2, 0.25) is 0 Å². The summed E-state index contributed by atoms with van der Waals surface area (Å²) in [7, 11) is 0. The van der Waals surface area contributed by atoms with Gasteiger partial charge in [0.25, 0.3) is 0 Å². The monoisotopic (exact) mass is 262 g/mol. The van der Waals surface area contributed by atoms with Crippen LogP contribution in [-0.2, 0) is 14.0 Å². The van der Waals surface area contributed by atoms with Crippen LogP contribution in [0.1, 0.15) is 6.92 Å². The van der Waals surface area contributed by atoms with E-state index in [0.717, 1.165) is 5.46 Å². The van der Waals surface area contributed by atoms with Gasteiger partial charge in [0.15, 0.2) is 0 Å². The minimum atomic E-state index is -1.83. The molecule has 0 saturated carbocycles. The topological polar surface area (TPSA) is 27.7 Å². The van der Waals surface area contributed by atoms with Gasteiger partial charge in [-0.3, -0.25) is 0 Å². The third kappa shape index (κ3) is 2.55. The molecule has 3 saturated heterocycles. The molecule has 0 N–H and O–H groups in total. The Kier molecular flexibility index (Phi) is 4.17. The van der Waals surface area contributed by atoms with Gasteiger partial charge in [-0.15, -0.1) is 5.46 Å². The zero-order valence-corrected chi connectivity index (χ0v) is 13.2. The molecule has 0 aromatic heterocycles. The Labute approximate surface area is 142 Å². The molecule has 3 aliphatic rings. The van der Waals surface area contributed by atoms with Crippen LogP contribution in [0.15, 0.2) is 24.3 Å². The molecule has 0 amide bonds. The average Bonchev–Trinajstić information content (AvgIpc) is 2.31. The van der Waals surface area contributed by atoms with Gasteiger partial charge in [0.05, 0.1) is 0 Å². The molecular formula is C11H13BFKO3. The zero-order valence-electron chi connectivity index (χ0n) is 10.1. The van der Waals surface area contributed by atoms with E-state index in [0.29, 0.717) is 19.8 Å². The van der Waals surface area contributed by atoms with Crippen molar-refractivity contribution in [2.24, 2.45) is 5.41 Å². The van der Waals surface area contributed by atoms with Crippen molar-refractivity contribution in [2.45, 2.75) is 6.92 Å². The van der Waals surface area contributed by atoms with Gasteiger partial charge < -0.3 is 14.0 Å². The van der Waals surface area contributed by atoms with E-state index < -0.39 is 6.75 Å². The number of rotatable bonds is 1. The van der Waals surface area contributed by atoms with Crippen molar-refractivity contribution in [2.75, 3.05) is 19.8 Å². The molecule has 0 radical (unpaired) electrons. The Hall–Kier alpha value is 0.731. The van der Waals surface area contributed by atoms with Crippen molar-refractivity contribution in [1.82, 2.24) is 0 Å². The molecule has 86 valence electrons. The summed E-state index contributed by atoms with van der Waals surface area (Å²) < 4.78 is 29.9. The first-order valence-corrected chi connectivity index (χ1v) is 5.43. The first-order chi connectivity index (χ1) is 7.62. The summed E-state index contributed by atoms with van der Waals surface area (Å²) >= 11 is 0. The van der Waals surface area contributed by atoms with Gasteiger partial charge in [0.1, 0.15) is 5.82 Å². The Morgan fingerprint density at radius 3 is 2.00 bits per heavy atom. The van der Waals surface area contributed by atoms with Crippen molar-refractivity contribution in [3.05, 3.63) is 30.1 Å². The normalized spacial score (nSPS) is 35.4. The number of fused-ring (bicyclic) bond motifs is 3. The summed E-state index contributed by atoms with van der Waals surface area (Å²) in [6.07, 6.45) is 0. The molecule has 6 heteroatoms. The molecule has 17 heavy (non-hydrogen) atoms. The Balaban J connectivity index is 0.00000108. The van der Waals surface area contributed by atoms with Crippen molar-refractivity contribution in [3.8, 4) is 0 Å². The zero-order chi connectivity index (χ0) is 11.2. The second-order valence-electron chi connectivity index (χ2n) is 4.94. The first kappa shape index (κ1) is 14.1. The minimum absolute atomic E-state index is 0. The summed E-state index contributed by atoms with van der Waals surface area (Å²) in [6.45, 7) is 2.12. The van der Waals surface area contributed by atoms with E-state index in [1.165, 1.54) is 12.1 Å². The first-order valence-electron chi connectivity index (χ1n) is 5.43. The fourth-order valence-electron chi connectivity index (χ4n) is 2.19. The third-order valence-electron chi connectivity index (χ3n) is 3.23. The fourth-order valence-corrected chi connectivity index (χ4v) is 2.19. The Bertz CT molecular complexity index is 387. The second kappa shape index (κ2) is 5.02. The Morgan fingerprint density at radius 2 is 1.53 bits per heavy atom. The quantitative estimate of drug-likeness (QED) is 0.551. The summed E-state index contributed by atoms with van der Waals surface area (Å²) in [5.41, 5.74) is 0.729. The van der Waals surface area contributed by atoms with Crippen LogP contribution in [0.25, 0.3) is 0 Å². The molecule has 0 aliphatic carbocycles. The van der Waals surface area contributed by atoms with Crippen LogP contribution < -0.4 is 56.8 Å².